The van der Waals surface area contributed by atoms with Gasteiger partial charge < -0.3 is 19.9 Å². The minimum Gasteiger partial charge on any atom is -0.491 e. The van der Waals surface area contributed by atoms with Crippen LogP contribution in [0.4, 0.5) is 0 Å². The van der Waals surface area contributed by atoms with Crippen LogP contribution in [-0.2, 0) is 16.1 Å². The molecule has 2 aromatic rings. The molecule has 1 unspecified atom stereocenters. The third-order valence-electron chi connectivity index (χ3n) is 3.66. The van der Waals surface area contributed by atoms with Crippen molar-refractivity contribution < 1.29 is 19.4 Å². The Morgan fingerprint density at radius 1 is 1.12 bits per heavy atom. The molecule has 6 heteroatoms. The summed E-state index contributed by atoms with van der Waals surface area (Å²) in [4.78, 5) is 11.9. The zero-order chi connectivity index (χ0) is 18.6. The van der Waals surface area contributed by atoms with Gasteiger partial charge in [0.25, 0.3) is 0 Å². The van der Waals surface area contributed by atoms with E-state index in [9.17, 15) is 9.90 Å². The standard InChI is InChI=1S/C20H25NO4S/c1-24-11-12-25-18-9-7-16(8-10-18)13-21-20(23)15-26-14-19(22)17-5-3-2-4-6-17/h2-10,19,22H,11-15H2,1H3,(H,21,23). The third kappa shape index (κ3) is 7.47. The number of carbonyl (C=O) groups excluding carboxylic acids is 1. The number of nitrogens with one attached hydrogen (secondary N) is 1. The number of aliphatic hydroxyl groups is 1. The topological polar surface area (TPSA) is 67.8 Å². The number of hydrogen-bond donors (Lipinski definition) is 2. The van der Waals surface area contributed by atoms with E-state index >= 15 is 0 Å². The van der Waals surface area contributed by atoms with Crippen molar-refractivity contribution in [3.63, 3.8) is 0 Å². The number of amides is 1. The average molecular weight is 375 g/mol. The summed E-state index contributed by atoms with van der Waals surface area (Å²) in [5.74, 6) is 1.55. The molecule has 0 spiro atoms. The minimum absolute atomic E-state index is 0.0457. The van der Waals surface area contributed by atoms with Gasteiger partial charge in [0.2, 0.25) is 5.91 Å². The van der Waals surface area contributed by atoms with Gasteiger partial charge in [0.1, 0.15) is 12.4 Å². The van der Waals surface area contributed by atoms with Crippen molar-refractivity contribution in [1.82, 2.24) is 5.32 Å². The average Bonchev–Trinajstić information content (AvgIpc) is 2.68. The van der Waals surface area contributed by atoms with Crippen LogP contribution in [0.1, 0.15) is 17.2 Å². The third-order valence-corrected chi connectivity index (χ3v) is 4.68. The predicted octanol–water partition coefficient (Wildman–Crippen LogP) is 2.79. The Bertz CT molecular complexity index is 649. The molecule has 2 aromatic carbocycles. The number of carbonyl (C=O) groups is 1. The Labute approximate surface area is 158 Å². The van der Waals surface area contributed by atoms with Gasteiger partial charge in [-0.25, -0.2) is 0 Å². The van der Waals surface area contributed by atoms with E-state index in [2.05, 4.69) is 5.32 Å². The van der Waals surface area contributed by atoms with E-state index in [0.29, 0.717) is 31.3 Å². The highest BCUT2D eigenvalue weighted by Crippen LogP contribution is 2.17. The highest BCUT2D eigenvalue weighted by molar-refractivity contribution is 7.99. The summed E-state index contributed by atoms with van der Waals surface area (Å²) in [6.07, 6.45) is -0.556. The SMILES string of the molecule is COCCOc1ccc(CNC(=O)CSCC(O)c2ccccc2)cc1. The molecule has 0 aliphatic rings. The zero-order valence-electron chi connectivity index (χ0n) is 14.9. The molecule has 0 radical (unpaired) electrons. The van der Waals surface area contributed by atoms with Crippen LogP contribution in [-0.4, -0.2) is 42.8 Å². The maximum absolute atomic E-state index is 11.9. The first kappa shape index (κ1) is 20.3. The lowest BCUT2D eigenvalue weighted by atomic mass is 10.1. The Balaban J connectivity index is 1.64. The summed E-state index contributed by atoms with van der Waals surface area (Å²) in [5, 5.41) is 13.0. The van der Waals surface area contributed by atoms with Crippen molar-refractivity contribution in [2.75, 3.05) is 31.8 Å². The number of aliphatic hydroxyl groups excluding tert-OH is 1. The van der Waals surface area contributed by atoms with Gasteiger partial charge in [-0.3, -0.25) is 4.79 Å². The molecule has 1 amide bonds. The molecule has 0 bridgehead atoms. The van der Waals surface area contributed by atoms with Crippen molar-refractivity contribution in [3.8, 4) is 5.75 Å². The number of ether oxygens (including phenoxy) is 2. The van der Waals surface area contributed by atoms with Crippen molar-refractivity contribution in [2.24, 2.45) is 0 Å². The summed E-state index contributed by atoms with van der Waals surface area (Å²) < 4.78 is 10.4. The van der Waals surface area contributed by atoms with Crippen LogP contribution < -0.4 is 10.1 Å². The lowest BCUT2D eigenvalue weighted by Crippen LogP contribution is -2.25. The van der Waals surface area contributed by atoms with Crippen molar-refractivity contribution in [1.29, 1.82) is 0 Å². The minimum atomic E-state index is -0.556. The molecule has 0 saturated carbocycles. The predicted molar refractivity (Wildman–Crippen MR) is 104 cm³/mol. The first-order valence-electron chi connectivity index (χ1n) is 8.47. The van der Waals surface area contributed by atoms with E-state index in [4.69, 9.17) is 9.47 Å². The molecule has 26 heavy (non-hydrogen) atoms. The van der Waals surface area contributed by atoms with Crippen molar-refractivity contribution in [3.05, 3.63) is 65.7 Å². The van der Waals surface area contributed by atoms with E-state index in [1.165, 1.54) is 11.8 Å². The van der Waals surface area contributed by atoms with Crippen LogP contribution >= 0.6 is 11.8 Å². The maximum Gasteiger partial charge on any atom is 0.230 e. The van der Waals surface area contributed by atoms with Gasteiger partial charge in [-0.15, -0.1) is 11.8 Å². The molecule has 2 rings (SSSR count). The molecule has 5 nitrogen and oxygen atoms in total. The second kappa shape index (κ2) is 11.6. The number of rotatable bonds is 11. The Morgan fingerprint density at radius 2 is 1.85 bits per heavy atom. The van der Waals surface area contributed by atoms with E-state index in [1.54, 1.807) is 7.11 Å². The highest BCUT2D eigenvalue weighted by atomic mass is 32.2. The maximum atomic E-state index is 11.9. The fourth-order valence-electron chi connectivity index (χ4n) is 2.23. The van der Waals surface area contributed by atoms with Crippen LogP contribution in [0.2, 0.25) is 0 Å². The summed E-state index contributed by atoms with van der Waals surface area (Å²) in [6.45, 7) is 1.53. The van der Waals surface area contributed by atoms with Crippen LogP contribution in [0.3, 0.4) is 0 Å². The van der Waals surface area contributed by atoms with Gasteiger partial charge in [-0.2, -0.15) is 0 Å². The van der Waals surface area contributed by atoms with Gasteiger partial charge in [0.15, 0.2) is 0 Å². The molecule has 0 fully saturated rings. The fourth-order valence-corrected chi connectivity index (χ4v) is 3.05. The molecule has 0 aliphatic heterocycles. The monoisotopic (exact) mass is 375 g/mol. The van der Waals surface area contributed by atoms with Gasteiger partial charge in [0.05, 0.1) is 18.5 Å². The Kier molecular flexibility index (Phi) is 9.03. The van der Waals surface area contributed by atoms with Crippen molar-refractivity contribution >= 4 is 17.7 Å². The number of thioether (sulfide) groups is 1. The van der Waals surface area contributed by atoms with E-state index in [0.717, 1.165) is 16.9 Å². The molecule has 1 atom stereocenters. The summed E-state index contributed by atoms with van der Waals surface area (Å²) in [5.41, 5.74) is 1.87. The van der Waals surface area contributed by atoms with E-state index < -0.39 is 6.10 Å². The van der Waals surface area contributed by atoms with Crippen LogP contribution in [0.5, 0.6) is 5.75 Å². The van der Waals surface area contributed by atoms with Crippen LogP contribution in [0.15, 0.2) is 54.6 Å². The largest absolute Gasteiger partial charge is 0.491 e. The number of hydrogen-bond acceptors (Lipinski definition) is 5. The number of benzene rings is 2. The van der Waals surface area contributed by atoms with Crippen LogP contribution in [0, 0.1) is 0 Å². The summed E-state index contributed by atoms with van der Waals surface area (Å²) in [6, 6.07) is 17.1. The summed E-state index contributed by atoms with van der Waals surface area (Å²) >= 11 is 1.42. The second-order valence-corrected chi connectivity index (χ2v) is 6.73. The van der Waals surface area contributed by atoms with Gasteiger partial charge in [-0.1, -0.05) is 42.5 Å². The first-order chi connectivity index (χ1) is 12.7. The molecule has 0 aromatic heterocycles. The molecular weight excluding hydrogens is 350 g/mol. The van der Waals surface area contributed by atoms with E-state index in [1.807, 2.05) is 54.6 Å². The van der Waals surface area contributed by atoms with Gasteiger partial charge >= 0.3 is 0 Å². The zero-order valence-corrected chi connectivity index (χ0v) is 15.7. The molecule has 0 aliphatic carbocycles. The summed E-state index contributed by atoms with van der Waals surface area (Å²) in [7, 11) is 1.63. The second-order valence-electron chi connectivity index (χ2n) is 5.70. The smallest absolute Gasteiger partial charge is 0.230 e. The molecule has 0 saturated heterocycles. The first-order valence-corrected chi connectivity index (χ1v) is 9.62. The molecule has 2 N–H and O–H groups in total. The Morgan fingerprint density at radius 3 is 2.54 bits per heavy atom. The van der Waals surface area contributed by atoms with Gasteiger partial charge in [0, 0.05) is 19.4 Å². The lowest BCUT2D eigenvalue weighted by Gasteiger charge is -2.11. The molecule has 0 heterocycles. The quantitative estimate of drug-likeness (QED) is 0.591. The lowest BCUT2D eigenvalue weighted by molar-refractivity contribution is -0.118. The molecular formula is C20H25NO4S. The highest BCUT2D eigenvalue weighted by Gasteiger charge is 2.09. The van der Waals surface area contributed by atoms with Crippen molar-refractivity contribution in [2.45, 2.75) is 12.6 Å². The van der Waals surface area contributed by atoms with E-state index in [-0.39, 0.29) is 5.91 Å². The fraction of sp³-hybridized carbons (Fsp3) is 0.350. The van der Waals surface area contributed by atoms with Crippen LogP contribution in [0.25, 0.3) is 0 Å². The molecule has 140 valence electrons. The number of methoxy groups -OCH3 is 1. The normalized spacial score (nSPS) is 11.8. The Hall–Kier alpha value is -2.02. The van der Waals surface area contributed by atoms with Gasteiger partial charge in [-0.05, 0) is 23.3 Å².